The Bertz CT molecular complexity index is 320. The average molecular weight is 327 g/mol. The van der Waals surface area contributed by atoms with Gasteiger partial charge in [0.1, 0.15) is 0 Å². The molecular formula is C18H38N4O. The summed E-state index contributed by atoms with van der Waals surface area (Å²) in [6, 6.07) is 0.610. The van der Waals surface area contributed by atoms with Crippen molar-refractivity contribution in [2.75, 3.05) is 45.9 Å². The molecule has 23 heavy (non-hydrogen) atoms. The van der Waals surface area contributed by atoms with Crippen LogP contribution in [0.4, 0.5) is 0 Å². The second-order valence-corrected chi connectivity index (χ2v) is 6.75. The smallest absolute Gasteiger partial charge is 0.191 e. The van der Waals surface area contributed by atoms with Gasteiger partial charge in [-0.3, -0.25) is 9.89 Å². The number of hydrogen-bond acceptors (Lipinski definition) is 3. The molecule has 1 fully saturated rings. The van der Waals surface area contributed by atoms with E-state index in [1.54, 1.807) is 0 Å². The van der Waals surface area contributed by atoms with Gasteiger partial charge in [0, 0.05) is 32.3 Å². The van der Waals surface area contributed by atoms with Crippen LogP contribution in [0.1, 0.15) is 53.4 Å². The number of piperidine rings is 1. The molecule has 136 valence electrons. The van der Waals surface area contributed by atoms with E-state index in [9.17, 15) is 0 Å². The van der Waals surface area contributed by atoms with Crippen molar-refractivity contribution >= 4 is 5.96 Å². The summed E-state index contributed by atoms with van der Waals surface area (Å²) in [4.78, 5) is 7.36. The van der Waals surface area contributed by atoms with E-state index in [-0.39, 0.29) is 0 Å². The largest absolute Gasteiger partial charge is 0.381 e. The molecule has 1 rings (SSSR count). The minimum absolute atomic E-state index is 0.610. The van der Waals surface area contributed by atoms with Crippen LogP contribution in [0.2, 0.25) is 0 Å². The highest BCUT2D eigenvalue weighted by molar-refractivity contribution is 5.79. The number of aliphatic imine (C=N–C) groups is 1. The zero-order valence-corrected chi connectivity index (χ0v) is 15.7. The second kappa shape index (κ2) is 12.6. The molecule has 0 amide bonds. The summed E-state index contributed by atoms with van der Waals surface area (Å²) in [5.41, 5.74) is 0. The van der Waals surface area contributed by atoms with Gasteiger partial charge in [0.05, 0.1) is 6.54 Å². The van der Waals surface area contributed by atoms with Crippen LogP contribution in [-0.2, 0) is 4.74 Å². The van der Waals surface area contributed by atoms with E-state index >= 15 is 0 Å². The van der Waals surface area contributed by atoms with Crippen LogP contribution >= 0.6 is 0 Å². The Morgan fingerprint density at radius 2 is 2.09 bits per heavy atom. The second-order valence-electron chi connectivity index (χ2n) is 6.75. The number of nitrogens with zero attached hydrogens (tertiary/aromatic N) is 2. The standard InChI is InChI=1S/C18H38N4O/c1-5-19-18(20-11-9-13-23-15-16(3)4)21-14-17-10-7-8-12-22(17)6-2/h16-17H,5-15H2,1-4H3,(H2,19,20,21). The first-order valence-corrected chi connectivity index (χ1v) is 9.51. The van der Waals surface area contributed by atoms with E-state index < -0.39 is 0 Å². The van der Waals surface area contributed by atoms with Crippen molar-refractivity contribution in [3.8, 4) is 0 Å². The monoisotopic (exact) mass is 326 g/mol. The summed E-state index contributed by atoms with van der Waals surface area (Å²) in [6.45, 7) is 15.5. The fraction of sp³-hybridized carbons (Fsp3) is 0.944. The SMILES string of the molecule is CCNC(=NCC1CCCCN1CC)NCCCOCC(C)C. The molecule has 0 aromatic carbocycles. The van der Waals surface area contributed by atoms with Gasteiger partial charge in [-0.05, 0) is 45.2 Å². The van der Waals surface area contributed by atoms with Gasteiger partial charge in [0.15, 0.2) is 5.96 Å². The number of ether oxygens (including phenoxy) is 1. The van der Waals surface area contributed by atoms with E-state index in [4.69, 9.17) is 9.73 Å². The lowest BCUT2D eigenvalue weighted by molar-refractivity contribution is 0.108. The highest BCUT2D eigenvalue weighted by Crippen LogP contribution is 2.16. The van der Waals surface area contributed by atoms with Crippen LogP contribution in [0.3, 0.4) is 0 Å². The van der Waals surface area contributed by atoms with Crippen LogP contribution in [0.15, 0.2) is 4.99 Å². The van der Waals surface area contributed by atoms with E-state index in [1.807, 2.05) is 0 Å². The van der Waals surface area contributed by atoms with Crippen LogP contribution in [0.25, 0.3) is 0 Å². The topological polar surface area (TPSA) is 48.9 Å². The molecule has 5 heteroatoms. The Hall–Kier alpha value is -0.810. The lowest BCUT2D eigenvalue weighted by Gasteiger charge is -2.33. The summed E-state index contributed by atoms with van der Waals surface area (Å²) in [7, 11) is 0. The van der Waals surface area contributed by atoms with Crippen molar-refractivity contribution in [1.82, 2.24) is 15.5 Å². The molecule has 0 bridgehead atoms. The summed E-state index contributed by atoms with van der Waals surface area (Å²) < 4.78 is 5.61. The Balaban J connectivity index is 2.29. The molecule has 0 saturated carbocycles. The number of guanidine groups is 1. The van der Waals surface area contributed by atoms with E-state index in [0.717, 1.165) is 51.8 Å². The van der Waals surface area contributed by atoms with Gasteiger partial charge in [0.2, 0.25) is 0 Å². The first kappa shape index (κ1) is 20.2. The number of nitrogens with one attached hydrogen (secondary N) is 2. The fourth-order valence-electron chi connectivity index (χ4n) is 2.92. The molecule has 0 radical (unpaired) electrons. The molecule has 1 unspecified atom stereocenters. The molecular weight excluding hydrogens is 288 g/mol. The molecule has 2 N–H and O–H groups in total. The Morgan fingerprint density at radius 3 is 2.78 bits per heavy atom. The fourth-order valence-corrected chi connectivity index (χ4v) is 2.92. The molecule has 1 heterocycles. The van der Waals surface area contributed by atoms with Crippen molar-refractivity contribution < 1.29 is 4.74 Å². The normalized spacial score (nSPS) is 20.0. The molecule has 0 spiro atoms. The van der Waals surface area contributed by atoms with Crippen LogP contribution < -0.4 is 10.6 Å². The van der Waals surface area contributed by atoms with Crippen molar-refractivity contribution in [2.45, 2.75) is 59.4 Å². The Morgan fingerprint density at radius 1 is 1.26 bits per heavy atom. The minimum Gasteiger partial charge on any atom is -0.381 e. The quantitative estimate of drug-likeness (QED) is 0.368. The van der Waals surface area contributed by atoms with Crippen molar-refractivity contribution in [3.05, 3.63) is 0 Å². The highest BCUT2D eigenvalue weighted by atomic mass is 16.5. The predicted octanol–water partition coefficient (Wildman–Crippen LogP) is 2.48. The molecule has 1 atom stereocenters. The third-order valence-corrected chi connectivity index (χ3v) is 4.17. The average Bonchev–Trinajstić information content (AvgIpc) is 2.55. The molecule has 1 aliphatic heterocycles. The highest BCUT2D eigenvalue weighted by Gasteiger charge is 2.20. The first-order chi connectivity index (χ1) is 11.2. The van der Waals surface area contributed by atoms with Gasteiger partial charge in [-0.25, -0.2) is 0 Å². The van der Waals surface area contributed by atoms with Crippen LogP contribution in [0.5, 0.6) is 0 Å². The molecule has 5 nitrogen and oxygen atoms in total. The Kier molecular flexibility index (Phi) is 11.1. The van der Waals surface area contributed by atoms with E-state index in [1.165, 1.54) is 25.8 Å². The lowest BCUT2D eigenvalue weighted by Crippen LogP contribution is -2.43. The number of likely N-dealkylation sites (tertiary alicyclic amines) is 1. The minimum atomic E-state index is 0.610. The molecule has 0 aliphatic carbocycles. The maximum Gasteiger partial charge on any atom is 0.191 e. The Labute approximate surface area is 143 Å². The van der Waals surface area contributed by atoms with E-state index in [2.05, 4.69) is 43.2 Å². The summed E-state index contributed by atoms with van der Waals surface area (Å²) in [6.07, 6.45) is 4.97. The number of hydrogen-bond donors (Lipinski definition) is 2. The van der Waals surface area contributed by atoms with Gasteiger partial charge in [0.25, 0.3) is 0 Å². The summed E-state index contributed by atoms with van der Waals surface area (Å²) >= 11 is 0. The third-order valence-electron chi connectivity index (χ3n) is 4.17. The van der Waals surface area contributed by atoms with Gasteiger partial charge in [-0.2, -0.15) is 0 Å². The summed E-state index contributed by atoms with van der Waals surface area (Å²) in [5, 5.41) is 6.77. The van der Waals surface area contributed by atoms with Gasteiger partial charge in [-0.1, -0.05) is 27.2 Å². The van der Waals surface area contributed by atoms with Crippen LogP contribution in [0, 0.1) is 5.92 Å². The first-order valence-electron chi connectivity index (χ1n) is 9.51. The molecule has 0 aromatic heterocycles. The number of rotatable bonds is 10. The summed E-state index contributed by atoms with van der Waals surface area (Å²) in [5.74, 6) is 1.55. The maximum absolute atomic E-state index is 5.61. The number of likely N-dealkylation sites (N-methyl/N-ethyl adjacent to an activating group) is 1. The molecule has 1 saturated heterocycles. The van der Waals surface area contributed by atoms with Gasteiger partial charge in [-0.15, -0.1) is 0 Å². The zero-order valence-electron chi connectivity index (χ0n) is 15.7. The third kappa shape index (κ3) is 9.16. The zero-order chi connectivity index (χ0) is 16.9. The van der Waals surface area contributed by atoms with Gasteiger partial charge >= 0.3 is 0 Å². The molecule has 0 aromatic rings. The van der Waals surface area contributed by atoms with Crippen molar-refractivity contribution in [2.24, 2.45) is 10.9 Å². The van der Waals surface area contributed by atoms with Crippen molar-refractivity contribution in [3.63, 3.8) is 0 Å². The predicted molar refractivity (Wildman–Crippen MR) is 99.1 cm³/mol. The molecule has 1 aliphatic rings. The van der Waals surface area contributed by atoms with Gasteiger partial charge < -0.3 is 15.4 Å². The lowest BCUT2D eigenvalue weighted by atomic mass is 10.0. The maximum atomic E-state index is 5.61. The van der Waals surface area contributed by atoms with Crippen molar-refractivity contribution in [1.29, 1.82) is 0 Å². The van der Waals surface area contributed by atoms with E-state index in [0.29, 0.717) is 12.0 Å². The van der Waals surface area contributed by atoms with Crippen LogP contribution in [-0.4, -0.2) is 62.8 Å².